The molecule has 0 saturated heterocycles. The minimum atomic E-state index is -0.408. The number of hydroxylamine groups is 2. The van der Waals surface area contributed by atoms with Gasteiger partial charge in [-0.3, -0.25) is 0 Å². The highest BCUT2D eigenvalue weighted by Crippen LogP contribution is 1.83. The van der Waals surface area contributed by atoms with Crippen molar-refractivity contribution in [2.45, 2.75) is 0 Å². The molecule has 4 heteroatoms. The molecule has 0 saturated carbocycles. The second-order valence-electron chi connectivity index (χ2n) is 1.91. The number of carbonyl (C=O) groups excluding carboxylic acids is 1. The van der Waals surface area contributed by atoms with Crippen LogP contribution in [0.15, 0.2) is 12.7 Å². The first kappa shape index (κ1) is 10.1. The number of hydrogen-bond donors (Lipinski definition) is 0. The van der Waals surface area contributed by atoms with Crippen LogP contribution in [0.3, 0.4) is 0 Å². The van der Waals surface area contributed by atoms with E-state index in [1.54, 1.807) is 19.2 Å². The molecule has 0 fully saturated rings. The molecule has 0 bridgehead atoms. The van der Waals surface area contributed by atoms with Crippen molar-refractivity contribution in [2.24, 2.45) is 0 Å². The third kappa shape index (κ3) is 5.57. The van der Waals surface area contributed by atoms with E-state index in [2.05, 4.69) is 11.3 Å². The smallest absolute Gasteiger partial charge is 0.330 e. The SMILES string of the molecule is C=CC(=O)OCCN(C)OC. The van der Waals surface area contributed by atoms with Crippen LogP contribution in [0.25, 0.3) is 0 Å². The molecule has 0 aliphatic carbocycles. The van der Waals surface area contributed by atoms with Crippen LogP contribution in [-0.4, -0.2) is 38.3 Å². The van der Waals surface area contributed by atoms with E-state index in [1.165, 1.54) is 0 Å². The fourth-order valence-electron chi connectivity index (χ4n) is 0.425. The van der Waals surface area contributed by atoms with Crippen LogP contribution in [0.4, 0.5) is 0 Å². The average molecular weight is 159 g/mol. The Morgan fingerprint density at radius 2 is 2.36 bits per heavy atom. The highest BCUT2D eigenvalue weighted by molar-refractivity contribution is 5.81. The van der Waals surface area contributed by atoms with Gasteiger partial charge in [-0.05, 0) is 0 Å². The molecule has 0 rings (SSSR count). The van der Waals surface area contributed by atoms with Gasteiger partial charge < -0.3 is 9.57 Å². The van der Waals surface area contributed by atoms with Crippen molar-refractivity contribution in [1.82, 2.24) is 5.06 Å². The zero-order chi connectivity index (χ0) is 8.69. The molecule has 0 aromatic rings. The Labute approximate surface area is 66.3 Å². The van der Waals surface area contributed by atoms with Gasteiger partial charge in [-0.1, -0.05) is 6.58 Å². The van der Waals surface area contributed by atoms with E-state index in [4.69, 9.17) is 4.84 Å². The summed E-state index contributed by atoms with van der Waals surface area (Å²) in [6.07, 6.45) is 1.13. The number of nitrogens with zero attached hydrogens (tertiary/aromatic N) is 1. The summed E-state index contributed by atoms with van der Waals surface area (Å²) in [7, 11) is 3.30. The van der Waals surface area contributed by atoms with Gasteiger partial charge >= 0.3 is 5.97 Å². The molecule has 4 nitrogen and oxygen atoms in total. The summed E-state index contributed by atoms with van der Waals surface area (Å²) in [4.78, 5) is 15.3. The van der Waals surface area contributed by atoms with E-state index >= 15 is 0 Å². The Hall–Kier alpha value is -0.870. The number of rotatable bonds is 5. The molecule has 0 N–H and O–H groups in total. The fourth-order valence-corrected chi connectivity index (χ4v) is 0.425. The topological polar surface area (TPSA) is 38.8 Å². The first-order chi connectivity index (χ1) is 5.20. The maximum atomic E-state index is 10.5. The van der Waals surface area contributed by atoms with Crippen LogP contribution < -0.4 is 0 Å². The largest absolute Gasteiger partial charge is 0.461 e. The minimum absolute atomic E-state index is 0.315. The molecule has 64 valence electrons. The Morgan fingerprint density at radius 1 is 1.73 bits per heavy atom. The molecule has 0 aromatic heterocycles. The third-order valence-electron chi connectivity index (χ3n) is 1.13. The summed E-state index contributed by atoms with van der Waals surface area (Å²) >= 11 is 0. The van der Waals surface area contributed by atoms with E-state index in [0.29, 0.717) is 13.2 Å². The predicted octanol–water partition coefficient (Wildman–Crippen LogP) is 0.209. The summed E-state index contributed by atoms with van der Waals surface area (Å²) in [5, 5.41) is 1.57. The Kier molecular flexibility index (Phi) is 5.42. The molecule has 0 aliphatic rings. The zero-order valence-corrected chi connectivity index (χ0v) is 6.87. The van der Waals surface area contributed by atoms with Gasteiger partial charge in [0.2, 0.25) is 0 Å². The highest BCUT2D eigenvalue weighted by Gasteiger charge is 1.97. The molecular weight excluding hydrogens is 146 g/mol. The quantitative estimate of drug-likeness (QED) is 0.326. The van der Waals surface area contributed by atoms with Crippen LogP contribution in [0.1, 0.15) is 0 Å². The summed E-state index contributed by atoms with van der Waals surface area (Å²) < 4.78 is 4.69. The molecule has 0 radical (unpaired) electrons. The van der Waals surface area contributed by atoms with E-state index in [-0.39, 0.29) is 0 Å². The standard InChI is InChI=1S/C7H13NO3/c1-4-7(9)11-6-5-8(2)10-3/h4H,1,5-6H2,2-3H3. The average Bonchev–Trinajstić information content (AvgIpc) is 2.04. The highest BCUT2D eigenvalue weighted by atomic mass is 16.7. The van der Waals surface area contributed by atoms with E-state index in [0.717, 1.165) is 6.08 Å². The summed E-state index contributed by atoms with van der Waals surface area (Å²) in [6.45, 7) is 4.13. The van der Waals surface area contributed by atoms with E-state index < -0.39 is 5.97 Å². The predicted molar refractivity (Wildman–Crippen MR) is 40.8 cm³/mol. The number of hydrogen-bond acceptors (Lipinski definition) is 4. The van der Waals surface area contributed by atoms with Gasteiger partial charge in [0.15, 0.2) is 0 Å². The molecule has 0 heterocycles. The Morgan fingerprint density at radius 3 is 2.82 bits per heavy atom. The normalized spacial score (nSPS) is 9.73. The molecule has 0 spiro atoms. The van der Waals surface area contributed by atoms with Crippen molar-refractivity contribution >= 4 is 5.97 Å². The number of carbonyl (C=O) groups is 1. The van der Waals surface area contributed by atoms with Gasteiger partial charge in [-0.15, -0.1) is 0 Å². The van der Waals surface area contributed by atoms with Crippen molar-refractivity contribution in [3.8, 4) is 0 Å². The van der Waals surface area contributed by atoms with Gasteiger partial charge in [0.1, 0.15) is 6.61 Å². The van der Waals surface area contributed by atoms with E-state index in [9.17, 15) is 4.79 Å². The first-order valence-corrected chi connectivity index (χ1v) is 3.25. The van der Waals surface area contributed by atoms with Crippen LogP contribution in [-0.2, 0) is 14.4 Å². The van der Waals surface area contributed by atoms with Crippen LogP contribution in [0.5, 0.6) is 0 Å². The summed E-state index contributed by atoms with van der Waals surface area (Å²) in [6, 6.07) is 0. The minimum Gasteiger partial charge on any atom is -0.461 e. The molecule has 0 aromatic carbocycles. The number of likely N-dealkylation sites (N-methyl/N-ethyl adjacent to an activating group) is 1. The monoisotopic (exact) mass is 159 g/mol. The van der Waals surface area contributed by atoms with Crippen molar-refractivity contribution in [3.05, 3.63) is 12.7 Å². The van der Waals surface area contributed by atoms with Gasteiger partial charge in [0.25, 0.3) is 0 Å². The lowest BCUT2D eigenvalue weighted by molar-refractivity contribution is -0.146. The molecule has 11 heavy (non-hydrogen) atoms. The van der Waals surface area contributed by atoms with Crippen molar-refractivity contribution in [3.63, 3.8) is 0 Å². The van der Waals surface area contributed by atoms with Crippen molar-refractivity contribution < 1.29 is 14.4 Å². The van der Waals surface area contributed by atoms with Gasteiger partial charge in [0, 0.05) is 13.1 Å². The van der Waals surface area contributed by atoms with Crippen LogP contribution in [0.2, 0.25) is 0 Å². The maximum absolute atomic E-state index is 10.5. The summed E-state index contributed by atoms with van der Waals surface area (Å²) in [5.41, 5.74) is 0. The Bertz CT molecular complexity index is 136. The summed E-state index contributed by atoms with van der Waals surface area (Å²) in [5.74, 6) is -0.408. The molecular formula is C7H13NO3. The maximum Gasteiger partial charge on any atom is 0.330 e. The van der Waals surface area contributed by atoms with Crippen LogP contribution >= 0.6 is 0 Å². The fraction of sp³-hybridized carbons (Fsp3) is 0.571. The Balaban J connectivity index is 3.26. The van der Waals surface area contributed by atoms with Gasteiger partial charge in [0.05, 0.1) is 13.7 Å². The van der Waals surface area contributed by atoms with Gasteiger partial charge in [-0.2, -0.15) is 5.06 Å². The lowest BCUT2D eigenvalue weighted by atomic mass is 10.6. The molecule has 0 aliphatic heterocycles. The third-order valence-corrected chi connectivity index (χ3v) is 1.13. The van der Waals surface area contributed by atoms with Crippen molar-refractivity contribution in [2.75, 3.05) is 27.3 Å². The molecule has 0 unspecified atom stereocenters. The van der Waals surface area contributed by atoms with Gasteiger partial charge in [-0.25, -0.2) is 4.79 Å². The molecule has 0 amide bonds. The first-order valence-electron chi connectivity index (χ1n) is 3.25. The lowest BCUT2D eigenvalue weighted by Crippen LogP contribution is -2.22. The van der Waals surface area contributed by atoms with Crippen molar-refractivity contribution in [1.29, 1.82) is 0 Å². The second-order valence-corrected chi connectivity index (χ2v) is 1.91. The van der Waals surface area contributed by atoms with E-state index in [1.807, 2.05) is 0 Å². The number of esters is 1. The second kappa shape index (κ2) is 5.88. The zero-order valence-electron chi connectivity index (χ0n) is 6.87. The lowest BCUT2D eigenvalue weighted by Gasteiger charge is -2.12. The number of ether oxygens (including phenoxy) is 1. The van der Waals surface area contributed by atoms with Crippen LogP contribution in [0, 0.1) is 0 Å². The molecule has 0 atom stereocenters.